The standard InChI is InChI=1S/C13H18N4S/c1-3-11-10-6-17(5-4-12(10)16-15-11)7-13-9(2)14-8-18-13/h8H,3-7H2,1-2H3,(H,15,16). The number of aryl methyl sites for hydroxylation is 2. The number of fused-ring (bicyclic) bond motifs is 1. The molecule has 5 heteroatoms. The largest absolute Gasteiger partial charge is 0.293 e. The Bertz CT molecular complexity index is 529. The number of aromatic amines is 1. The molecule has 0 radical (unpaired) electrons. The van der Waals surface area contributed by atoms with Gasteiger partial charge in [0.1, 0.15) is 0 Å². The molecule has 0 spiro atoms. The molecule has 0 aliphatic carbocycles. The van der Waals surface area contributed by atoms with Crippen molar-refractivity contribution in [2.75, 3.05) is 6.54 Å². The van der Waals surface area contributed by atoms with Gasteiger partial charge in [0.25, 0.3) is 0 Å². The van der Waals surface area contributed by atoms with Crippen LogP contribution < -0.4 is 0 Å². The molecule has 3 rings (SSSR count). The number of aromatic nitrogens is 3. The fraction of sp³-hybridized carbons (Fsp3) is 0.538. The van der Waals surface area contributed by atoms with Crippen molar-refractivity contribution < 1.29 is 0 Å². The normalized spacial score (nSPS) is 15.9. The molecular weight excluding hydrogens is 244 g/mol. The molecule has 1 aliphatic heterocycles. The zero-order valence-corrected chi connectivity index (χ0v) is 11.7. The third-order valence-electron chi connectivity index (χ3n) is 3.65. The smallest absolute Gasteiger partial charge is 0.0798 e. The van der Waals surface area contributed by atoms with Gasteiger partial charge in [-0.1, -0.05) is 6.92 Å². The van der Waals surface area contributed by atoms with Gasteiger partial charge in [0.05, 0.1) is 16.9 Å². The van der Waals surface area contributed by atoms with Crippen molar-refractivity contribution in [3.8, 4) is 0 Å². The summed E-state index contributed by atoms with van der Waals surface area (Å²) < 4.78 is 0. The first-order valence-corrected chi connectivity index (χ1v) is 7.32. The summed E-state index contributed by atoms with van der Waals surface area (Å²) in [5.41, 5.74) is 7.11. The SMILES string of the molecule is CCc1n[nH]c2c1CN(Cc1scnc1C)CC2. The van der Waals surface area contributed by atoms with Crippen molar-refractivity contribution in [2.45, 2.75) is 39.8 Å². The number of nitrogens with one attached hydrogen (secondary N) is 1. The quantitative estimate of drug-likeness (QED) is 0.923. The Morgan fingerprint density at radius 2 is 2.39 bits per heavy atom. The first-order chi connectivity index (χ1) is 8.78. The van der Waals surface area contributed by atoms with Crippen LogP contribution in [0.3, 0.4) is 0 Å². The van der Waals surface area contributed by atoms with Crippen LogP contribution in [0, 0.1) is 6.92 Å². The second-order valence-electron chi connectivity index (χ2n) is 4.80. The summed E-state index contributed by atoms with van der Waals surface area (Å²) >= 11 is 1.76. The highest BCUT2D eigenvalue weighted by molar-refractivity contribution is 7.09. The second-order valence-corrected chi connectivity index (χ2v) is 5.74. The summed E-state index contributed by atoms with van der Waals surface area (Å²) in [5.74, 6) is 0. The van der Waals surface area contributed by atoms with Crippen LogP contribution in [0.1, 0.15) is 34.4 Å². The Hall–Kier alpha value is -1.20. The third kappa shape index (κ3) is 2.08. The lowest BCUT2D eigenvalue weighted by Gasteiger charge is -2.26. The van der Waals surface area contributed by atoms with Gasteiger partial charge in [-0.25, -0.2) is 4.98 Å². The summed E-state index contributed by atoms with van der Waals surface area (Å²) in [4.78, 5) is 8.21. The van der Waals surface area contributed by atoms with Crippen molar-refractivity contribution in [3.63, 3.8) is 0 Å². The van der Waals surface area contributed by atoms with E-state index in [0.717, 1.165) is 32.5 Å². The molecule has 2 aromatic rings. The molecule has 0 aromatic carbocycles. The molecular formula is C13H18N4S. The summed E-state index contributed by atoms with van der Waals surface area (Å²) in [5, 5.41) is 7.59. The fourth-order valence-corrected chi connectivity index (χ4v) is 3.34. The minimum atomic E-state index is 1.01. The number of rotatable bonds is 3. The molecule has 0 fully saturated rings. The Morgan fingerprint density at radius 3 is 3.11 bits per heavy atom. The Kier molecular flexibility index (Phi) is 3.18. The maximum Gasteiger partial charge on any atom is 0.0798 e. The molecule has 0 saturated carbocycles. The molecule has 0 unspecified atom stereocenters. The molecule has 0 bridgehead atoms. The lowest BCUT2D eigenvalue weighted by Crippen LogP contribution is -2.30. The predicted octanol–water partition coefficient (Wildman–Crippen LogP) is 2.30. The molecule has 0 saturated heterocycles. The number of thiazole rings is 1. The monoisotopic (exact) mass is 262 g/mol. The van der Waals surface area contributed by atoms with Crippen molar-refractivity contribution >= 4 is 11.3 Å². The highest BCUT2D eigenvalue weighted by atomic mass is 32.1. The minimum absolute atomic E-state index is 1.01. The van der Waals surface area contributed by atoms with Crippen LogP contribution in [0.15, 0.2) is 5.51 Å². The fourth-order valence-electron chi connectivity index (χ4n) is 2.52. The number of nitrogens with zero attached hydrogens (tertiary/aromatic N) is 3. The molecule has 2 aromatic heterocycles. The van der Waals surface area contributed by atoms with Gasteiger partial charge < -0.3 is 0 Å². The Morgan fingerprint density at radius 1 is 1.50 bits per heavy atom. The molecule has 1 aliphatic rings. The van der Waals surface area contributed by atoms with Gasteiger partial charge in [-0.15, -0.1) is 11.3 Å². The van der Waals surface area contributed by atoms with Gasteiger partial charge in [0.15, 0.2) is 0 Å². The van der Waals surface area contributed by atoms with Crippen LogP contribution in [-0.4, -0.2) is 26.6 Å². The van der Waals surface area contributed by atoms with Crippen LogP contribution in [0.2, 0.25) is 0 Å². The average Bonchev–Trinajstić information content (AvgIpc) is 2.96. The summed E-state index contributed by atoms with van der Waals surface area (Å²) in [6, 6.07) is 0. The van der Waals surface area contributed by atoms with E-state index in [1.807, 2.05) is 5.51 Å². The molecule has 1 N–H and O–H groups in total. The van der Waals surface area contributed by atoms with Crippen molar-refractivity contribution in [3.05, 3.63) is 33.0 Å². The van der Waals surface area contributed by atoms with E-state index in [4.69, 9.17) is 0 Å². The first-order valence-electron chi connectivity index (χ1n) is 6.44. The van der Waals surface area contributed by atoms with Crippen molar-refractivity contribution in [1.29, 1.82) is 0 Å². The van der Waals surface area contributed by atoms with E-state index in [-0.39, 0.29) is 0 Å². The minimum Gasteiger partial charge on any atom is -0.293 e. The zero-order valence-electron chi connectivity index (χ0n) is 10.9. The zero-order chi connectivity index (χ0) is 12.5. The number of hydrogen-bond donors (Lipinski definition) is 1. The van der Waals surface area contributed by atoms with Gasteiger partial charge in [-0.3, -0.25) is 10.00 Å². The lowest BCUT2D eigenvalue weighted by atomic mass is 10.0. The van der Waals surface area contributed by atoms with E-state index in [1.165, 1.54) is 27.5 Å². The summed E-state index contributed by atoms with van der Waals surface area (Å²) in [6.45, 7) is 7.41. The lowest BCUT2D eigenvalue weighted by molar-refractivity contribution is 0.245. The van der Waals surface area contributed by atoms with Gasteiger partial charge in [0.2, 0.25) is 0 Å². The highest BCUT2D eigenvalue weighted by Gasteiger charge is 2.21. The van der Waals surface area contributed by atoms with E-state index in [9.17, 15) is 0 Å². The molecule has 4 nitrogen and oxygen atoms in total. The Balaban J connectivity index is 1.76. The molecule has 18 heavy (non-hydrogen) atoms. The predicted molar refractivity (Wildman–Crippen MR) is 72.6 cm³/mol. The maximum atomic E-state index is 4.40. The third-order valence-corrected chi connectivity index (χ3v) is 4.57. The van der Waals surface area contributed by atoms with Crippen LogP contribution in [0.25, 0.3) is 0 Å². The van der Waals surface area contributed by atoms with Gasteiger partial charge in [-0.05, 0) is 13.3 Å². The average molecular weight is 262 g/mol. The van der Waals surface area contributed by atoms with Crippen LogP contribution in [0.4, 0.5) is 0 Å². The molecule has 0 atom stereocenters. The molecule has 0 amide bonds. The number of hydrogen-bond acceptors (Lipinski definition) is 4. The topological polar surface area (TPSA) is 44.8 Å². The van der Waals surface area contributed by atoms with Crippen LogP contribution in [0.5, 0.6) is 0 Å². The second kappa shape index (κ2) is 4.82. The summed E-state index contributed by atoms with van der Waals surface area (Å²) in [7, 11) is 0. The molecule has 3 heterocycles. The van der Waals surface area contributed by atoms with E-state index >= 15 is 0 Å². The van der Waals surface area contributed by atoms with Crippen LogP contribution in [-0.2, 0) is 25.9 Å². The van der Waals surface area contributed by atoms with Crippen molar-refractivity contribution in [1.82, 2.24) is 20.1 Å². The van der Waals surface area contributed by atoms with Gasteiger partial charge in [0, 0.05) is 42.2 Å². The van der Waals surface area contributed by atoms with E-state index < -0.39 is 0 Å². The van der Waals surface area contributed by atoms with E-state index in [0.29, 0.717) is 0 Å². The van der Waals surface area contributed by atoms with E-state index in [1.54, 1.807) is 11.3 Å². The first kappa shape index (κ1) is 11.9. The number of H-pyrrole nitrogens is 1. The molecule has 96 valence electrons. The van der Waals surface area contributed by atoms with E-state index in [2.05, 4.69) is 33.9 Å². The van der Waals surface area contributed by atoms with Gasteiger partial charge in [-0.2, -0.15) is 5.10 Å². The van der Waals surface area contributed by atoms with Gasteiger partial charge >= 0.3 is 0 Å². The summed E-state index contributed by atoms with van der Waals surface area (Å²) in [6.07, 6.45) is 2.10. The maximum absolute atomic E-state index is 4.40. The van der Waals surface area contributed by atoms with Crippen molar-refractivity contribution in [2.24, 2.45) is 0 Å². The Labute approximate surface area is 111 Å². The highest BCUT2D eigenvalue weighted by Crippen LogP contribution is 2.23. The van der Waals surface area contributed by atoms with Crippen LogP contribution >= 0.6 is 11.3 Å².